The molecule has 2 aromatic rings. The van der Waals surface area contributed by atoms with E-state index in [1.807, 2.05) is 30.6 Å². The maximum Gasteiger partial charge on any atom is 0.352 e. The lowest BCUT2D eigenvalue weighted by Gasteiger charge is -2.05. The van der Waals surface area contributed by atoms with Gasteiger partial charge in [-0.05, 0) is 36.4 Å². The van der Waals surface area contributed by atoms with Crippen molar-refractivity contribution >= 4 is 17.3 Å². The molecule has 0 aliphatic heterocycles. The zero-order valence-corrected chi connectivity index (χ0v) is 9.83. The van der Waals surface area contributed by atoms with Crippen LogP contribution in [-0.4, -0.2) is 15.6 Å². The summed E-state index contributed by atoms with van der Waals surface area (Å²) >= 11 is 1.70. The largest absolute Gasteiger partial charge is 0.477 e. The second-order valence-electron chi connectivity index (χ2n) is 3.68. The van der Waals surface area contributed by atoms with E-state index in [0.29, 0.717) is 5.69 Å². The minimum Gasteiger partial charge on any atom is -0.477 e. The third-order valence-corrected chi connectivity index (χ3v) is 3.48. The van der Waals surface area contributed by atoms with Gasteiger partial charge in [-0.15, -0.1) is 11.3 Å². The molecular weight excluding hydrogens is 222 g/mol. The highest BCUT2D eigenvalue weighted by atomic mass is 32.1. The van der Waals surface area contributed by atoms with Crippen LogP contribution in [0.25, 0.3) is 0 Å². The van der Waals surface area contributed by atoms with Crippen LogP contribution in [0.5, 0.6) is 0 Å². The van der Waals surface area contributed by atoms with Gasteiger partial charge < -0.3 is 9.67 Å². The van der Waals surface area contributed by atoms with Crippen molar-refractivity contribution < 1.29 is 9.90 Å². The number of rotatable bonds is 4. The smallest absolute Gasteiger partial charge is 0.352 e. The lowest BCUT2D eigenvalue weighted by molar-refractivity contribution is 0.0684. The van der Waals surface area contributed by atoms with Gasteiger partial charge >= 0.3 is 5.97 Å². The first-order chi connectivity index (χ1) is 7.68. The van der Waals surface area contributed by atoms with E-state index in [1.54, 1.807) is 15.9 Å². The number of thiophene rings is 1. The molecule has 2 aromatic heterocycles. The molecule has 0 saturated carbocycles. The molecule has 0 fully saturated rings. The normalized spacial score (nSPS) is 10.6. The second-order valence-corrected chi connectivity index (χ2v) is 4.71. The Bertz CT molecular complexity index is 485. The molecule has 0 spiro atoms. The molecule has 0 aliphatic rings. The Hall–Kier alpha value is -1.55. The summed E-state index contributed by atoms with van der Waals surface area (Å²) in [6.07, 6.45) is 2.72. The Morgan fingerprint density at radius 1 is 1.50 bits per heavy atom. The Morgan fingerprint density at radius 2 is 2.31 bits per heavy atom. The van der Waals surface area contributed by atoms with Crippen molar-refractivity contribution in [1.82, 2.24) is 4.57 Å². The number of aromatic nitrogens is 1. The van der Waals surface area contributed by atoms with Crippen molar-refractivity contribution in [3.05, 3.63) is 45.9 Å². The van der Waals surface area contributed by atoms with E-state index in [9.17, 15) is 4.79 Å². The zero-order chi connectivity index (χ0) is 11.5. The van der Waals surface area contributed by atoms with E-state index < -0.39 is 5.97 Å². The van der Waals surface area contributed by atoms with E-state index in [0.717, 1.165) is 18.5 Å². The first-order valence-electron chi connectivity index (χ1n) is 5.10. The molecule has 2 heterocycles. The Morgan fingerprint density at radius 3 is 2.94 bits per heavy atom. The van der Waals surface area contributed by atoms with E-state index >= 15 is 0 Å². The van der Waals surface area contributed by atoms with Crippen LogP contribution in [0.15, 0.2) is 29.8 Å². The number of hydrogen-bond acceptors (Lipinski definition) is 2. The number of nitrogens with zero attached hydrogens (tertiary/aromatic N) is 1. The molecule has 0 radical (unpaired) electrons. The molecule has 0 unspecified atom stereocenters. The van der Waals surface area contributed by atoms with Crippen LogP contribution in [0.3, 0.4) is 0 Å². The van der Waals surface area contributed by atoms with Crippen LogP contribution in [-0.2, 0) is 13.0 Å². The molecule has 1 N–H and O–H groups in total. The van der Waals surface area contributed by atoms with Gasteiger partial charge in [0.1, 0.15) is 5.69 Å². The minimum atomic E-state index is -0.853. The van der Waals surface area contributed by atoms with Crippen molar-refractivity contribution in [3.8, 4) is 0 Å². The van der Waals surface area contributed by atoms with Gasteiger partial charge in [0.05, 0.1) is 0 Å². The molecule has 0 amide bonds. The average Bonchev–Trinajstić information content (AvgIpc) is 2.83. The molecule has 0 saturated heterocycles. The zero-order valence-electron chi connectivity index (χ0n) is 9.01. The van der Waals surface area contributed by atoms with E-state index in [4.69, 9.17) is 5.11 Å². The van der Waals surface area contributed by atoms with Gasteiger partial charge in [0.2, 0.25) is 0 Å². The summed E-state index contributed by atoms with van der Waals surface area (Å²) in [4.78, 5) is 12.3. The summed E-state index contributed by atoms with van der Waals surface area (Å²) in [7, 11) is 0. The molecule has 0 atom stereocenters. The standard InChI is InChI=1S/C12H13NO2S/c1-9-4-6-13(11(9)12(14)15)7-5-10-3-2-8-16-10/h2-4,6,8H,5,7H2,1H3,(H,14,15). The molecule has 0 aliphatic carbocycles. The van der Waals surface area contributed by atoms with E-state index in [1.165, 1.54) is 4.88 Å². The number of aromatic carboxylic acids is 1. The van der Waals surface area contributed by atoms with Crippen molar-refractivity contribution in [2.24, 2.45) is 0 Å². The van der Waals surface area contributed by atoms with Crippen LogP contribution >= 0.6 is 11.3 Å². The summed E-state index contributed by atoms with van der Waals surface area (Å²) in [6, 6.07) is 5.93. The quantitative estimate of drug-likeness (QED) is 0.885. The Kier molecular flexibility index (Phi) is 3.10. The predicted molar refractivity (Wildman–Crippen MR) is 64.2 cm³/mol. The highest BCUT2D eigenvalue weighted by Gasteiger charge is 2.12. The van der Waals surface area contributed by atoms with Crippen LogP contribution in [0, 0.1) is 6.92 Å². The third-order valence-electron chi connectivity index (χ3n) is 2.55. The number of hydrogen-bond donors (Lipinski definition) is 1. The number of aryl methyl sites for hydroxylation is 3. The summed E-state index contributed by atoms with van der Waals surface area (Å²) in [6.45, 7) is 2.54. The van der Waals surface area contributed by atoms with Gasteiger partial charge in [-0.2, -0.15) is 0 Å². The van der Waals surface area contributed by atoms with Gasteiger partial charge in [0, 0.05) is 17.6 Å². The average molecular weight is 235 g/mol. The third kappa shape index (κ3) is 2.17. The number of carboxylic acid groups (broad SMARTS) is 1. The molecule has 2 rings (SSSR count). The first-order valence-corrected chi connectivity index (χ1v) is 5.98. The van der Waals surface area contributed by atoms with Crippen LogP contribution in [0.4, 0.5) is 0 Å². The maximum absolute atomic E-state index is 11.0. The molecule has 0 aromatic carbocycles. The molecular formula is C12H13NO2S. The van der Waals surface area contributed by atoms with Crippen molar-refractivity contribution in [2.75, 3.05) is 0 Å². The first kappa shape index (κ1) is 11.0. The Balaban J connectivity index is 2.13. The molecule has 0 bridgehead atoms. The van der Waals surface area contributed by atoms with Crippen LogP contribution < -0.4 is 0 Å². The lowest BCUT2D eigenvalue weighted by Crippen LogP contribution is -2.10. The van der Waals surface area contributed by atoms with Gasteiger partial charge in [0.15, 0.2) is 0 Å². The summed E-state index contributed by atoms with van der Waals surface area (Å²) < 4.78 is 1.80. The van der Waals surface area contributed by atoms with Crippen LogP contribution in [0.2, 0.25) is 0 Å². The van der Waals surface area contributed by atoms with E-state index in [2.05, 4.69) is 6.07 Å². The fourth-order valence-electron chi connectivity index (χ4n) is 1.75. The van der Waals surface area contributed by atoms with Gasteiger partial charge in [-0.25, -0.2) is 4.79 Å². The second kappa shape index (κ2) is 4.53. The van der Waals surface area contributed by atoms with E-state index in [-0.39, 0.29) is 0 Å². The maximum atomic E-state index is 11.0. The van der Waals surface area contributed by atoms with Crippen molar-refractivity contribution in [1.29, 1.82) is 0 Å². The molecule has 4 heteroatoms. The summed E-state index contributed by atoms with van der Waals surface area (Å²) in [5, 5.41) is 11.1. The highest BCUT2D eigenvalue weighted by Crippen LogP contribution is 2.14. The summed E-state index contributed by atoms with van der Waals surface area (Å²) in [5.74, 6) is -0.853. The highest BCUT2D eigenvalue weighted by molar-refractivity contribution is 7.09. The lowest BCUT2D eigenvalue weighted by atomic mass is 10.2. The minimum absolute atomic E-state index is 0.400. The summed E-state index contributed by atoms with van der Waals surface area (Å²) in [5.41, 5.74) is 1.22. The molecule has 16 heavy (non-hydrogen) atoms. The van der Waals surface area contributed by atoms with Gasteiger partial charge in [-0.1, -0.05) is 6.07 Å². The fraction of sp³-hybridized carbons (Fsp3) is 0.250. The van der Waals surface area contributed by atoms with Crippen molar-refractivity contribution in [3.63, 3.8) is 0 Å². The Labute approximate surface area is 98.0 Å². The van der Waals surface area contributed by atoms with Crippen LogP contribution in [0.1, 0.15) is 20.9 Å². The number of carbonyl (C=O) groups is 1. The SMILES string of the molecule is Cc1ccn(CCc2cccs2)c1C(=O)O. The number of carboxylic acids is 1. The molecule has 84 valence electrons. The predicted octanol–water partition coefficient (Wildman–Crippen LogP) is 2.80. The monoisotopic (exact) mass is 235 g/mol. The van der Waals surface area contributed by atoms with Gasteiger partial charge in [-0.3, -0.25) is 0 Å². The van der Waals surface area contributed by atoms with Gasteiger partial charge in [0.25, 0.3) is 0 Å². The van der Waals surface area contributed by atoms with Crippen molar-refractivity contribution in [2.45, 2.75) is 19.9 Å². The molecule has 3 nitrogen and oxygen atoms in total. The topological polar surface area (TPSA) is 42.2 Å². The fourth-order valence-corrected chi connectivity index (χ4v) is 2.44.